The monoisotopic (exact) mass is 253 g/mol. The molecule has 5 heteroatoms. The zero-order valence-electron chi connectivity index (χ0n) is 9.26. The number of likely N-dealkylation sites (tertiary alicyclic amines) is 1. The van der Waals surface area contributed by atoms with Crippen molar-refractivity contribution in [2.45, 2.75) is 12.5 Å². The molecule has 1 fully saturated rings. The Bertz CT molecular complexity index is 457. The molecule has 0 spiro atoms. The molecule has 0 bridgehead atoms. The predicted octanol–water partition coefficient (Wildman–Crippen LogP) is 1.94. The van der Waals surface area contributed by atoms with Crippen LogP contribution in [0.15, 0.2) is 24.3 Å². The van der Waals surface area contributed by atoms with Crippen LogP contribution in [0.3, 0.4) is 0 Å². The first kappa shape index (κ1) is 11.9. The molecule has 1 N–H and O–H groups in total. The number of hydrogen-bond donors (Lipinski definition) is 1. The second-order valence-electron chi connectivity index (χ2n) is 4.15. The van der Waals surface area contributed by atoms with Gasteiger partial charge in [0.1, 0.15) is 0 Å². The van der Waals surface area contributed by atoms with E-state index >= 15 is 0 Å². The van der Waals surface area contributed by atoms with Gasteiger partial charge in [0.2, 0.25) is 5.91 Å². The number of carbonyl (C=O) groups is 2. The first-order valence-corrected chi connectivity index (χ1v) is 5.62. The van der Waals surface area contributed by atoms with Crippen molar-refractivity contribution in [2.75, 3.05) is 7.05 Å². The van der Waals surface area contributed by atoms with Gasteiger partial charge < -0.3 is 10.0 Å². The van der Waals surface area contributed by atoms with Crippen molar-refractivity contribution in [3.63, 3.8) is 0 Å². The summed E-state index contributed by atoms with van der Waals surface area (Å²) in [6, 6.07) is 6.52. The van der Waals surface area contributed by atoms with E-state index in [0.717, 1.165) is 5.56 Å². The minimum Gasteiger partial charge on any atom is -0.481 e. The molecule has 0 radical (unpaired) electrons. The van der Waals surface area contributed by atoms with Crippen LogP contribution in [-0.4, -0.2) is 28.9 Å². The average molecular weight is 254 g/mol. The van der Waals surface area contributed by atoms with Gasteiger partial charge in [-0.25, -0.2) is 0 Å². The molecule has 2 rings (SSSR count). The third-order valence-electron chi connectivity index (χ3n) is 3.12. The number of rotatable bonds is 2. The summed E-state index contributed by atoms with van der Waals surface area (Å²) in [5.74, 6) is -1.77. The Morgan fingerprint density at radius 1 is 1.41 bits per heavy atom. The zero-order chi connectivity index (χ0) is 12.6. The number of aliphatic carboxylic acids is 1. The standard InChI is InChI=1S/C12H12ClNO3/c1-14-10(15)6-9(12(16)17)11(14)7-2-4-8(13)5-3-7/h2-5,9,11H,6H2,1H3,(H,16,17). The lowest BCUT2D eigenvalue weighted by Gasteiger charge is -2.23. The number of amides is 1. The maximum atomic E-state index is 11.6. The summed E-state index contributed by atoms with van der Waals surface area (Å²) in [4.78, 5) is 24.2. The summed E-state index contributed by atoms with van der Waals surface area (Å²) in [7, 11) is 1.63. The van der Waals surface area contributed by atoms with Gasteiger partial charge in [-0.15, -0.1) is 0 Å². The first-order chi connectivity index (χ1) is 8.00. The molecule has 1 amide bonds. The van der Waals surface area contributed by atoms with Gasteiger partial charge in [-0.2, -0.15) is 0 Å². The number of benzene rings is 1. The highest BCUT2D eigenvalue weighted by atomic mass is 35.5. The fraction of sp³-hybridized carbons (Fsp3) is 0.333. The minimum absolute atomic E-state index is 0.0547. The average Bonchev–Trinajstić information content (AvgIpc) is 2.57. The van der Waals surface area contributed by atoms with E-state index in [1.807, 2.05) is 0 Å². The summed E-state index contributed by atoms with van der Waals surface area (Å²) < 4.78 is 0. The van der Waals surface area contributed by atoms with Crippen LogP contribution in [0, 0.1) is 5.92 Å². The molecule has 2 atom stereocenters. The molecule has 1 aromatic rings. The third-order valence-corrected chi connectivity index (χ3v) is 3.37. The Hall–Kier alpha value is -1.55. The minimum atomic E-state index is -0.942. The molecule has 0 aromatic heterocycles. The Morgan fingerprint density at radius 3 is 2.53 bits per heavy atom. The van der Waals surface area contributed by atoms with E-state index in [0.29, 0.717) is 5.02 Å². The van der Waals surface area contributed by atoms with Gasteiger partial charge in [0.25, 0.3) is 0 Å². The van der Waals surface area contributed by atoms with Gasteiger partial charge in [0.15, 0.2) is 0 Å². The maximum absolute atomic E-state index is 11.6. The molecule has 0 aliphatic carbocycles. The van der Waals surface area contributed by atoms with Gasteiger partial charge in [0.05, 0.1) is 12.0 Å². The Balaban J connectivity index is 2.37. The van der Waals surface area contributed by atoms with Gasteiger partial charge in [-0.05, 0) is 17.7 Å². The fourth-order valence-corrected chi connectivity index (χ4v) is 2.33. The number of halogens is 1. The molecule has 1 aliphatic rings. The van der Waals surface area contributed by atoms with Crippen LogP contribution in [0.5, 0.6) is 0 Å². The van der Waals surface area contributed by atoms with Crippen LogP contribution in [0.2, 0.25) is 5.02 Å². The molecular weight excluding hydrogens is 242 g/mol. The van der Waals surface area contributed by atoms with Crippen molar-refractivity contribution in [3.05, 3.63) is 34.9 Å². The zero-order valence-corrected chi connectivity index (χ0v) is 10.0. The summed E-state index contributed by atoms with van der Waals surface area (Å²) in [6.07, 6.45) is 0.0547. The van der Waals surface area contributed by atoms with E-state index in [4.69, 9.17) is 16.7 Å². The lowest BCUT2D eigenvalue weighted by Crippen LogP contribution is -2.26. The van der Waals surface area contributed by atoms with E-state index < -0.39 is 17.9 Å². The number of carboxylic acids is 1. The van der Waals surface area contributed by atoms with E-state index in [9.17, 15) is 9.59 Å². The molecule has 17 heavy (non-hydrogen) atoms. The Morgan fingerprint density at radius 2 is 2.00 bits per heavy atom. The molecule has 4 nitrogen and oxygen atoms in total. The fourth-order valence-electron chi connectivity index (χ4n) is 2.21. The van der Waals surface area contributed by atoms with Gasteiger partial charge >= 0.3 is 5.97 Å². The summed E-state index contributed by atoms with van der Waals surface area (Å²) >= 11 is 5.79. The lowest BCUT2D eigenvalue weighted by atomic mass is 9.94. The predicted molar refractivity (Wildman–Crippen MR) is 62.7 cm³/mol. The van der Waals surface area contributed by atoms with Crippen molar-refractivity contribution in [2.24, 2.45) is 5.92 Å². The highest BCUT2D eigenvalue weighted by molar-refractivity contribution is 6.30. The highest BCUT2D eigenvalue weighted by Gasteiger charge is 2.42. The lowest BCUT2D eigenvalue weighted by molar-refractivity contribution is -0.142. The number of carbonyl (C=O) groups excluding carboxylic acids is 1. The number of hydrogen-bond acceptors (Lipinski definition) is 2. The van der Waals surface area contributed by atoms with Gasteiger partial charge in [-0.1, -0.05) is 23.7 Å². The van der Waals surface area contributed by atoms with Gasteiger partial charge in [-0.3, -0.25) is 9.59 Å². The SMILES string of the molecule is CN1C(=O)CC(C(=O)O)C1c1ccc(Cl)cc1. The van der Waals surface area contributed by atoms with Gasteiger partial charge in [0, 0.05) is 18.5 Å². The van der Waals surface area contributed by atoms with Crippen molar-refractivity contribution in [1.29, 1.82) is 0 Å². The number of nitrogens with zero attached hydrogens (tertiary/aromatic N) is 1. The maximum Gasteiger partial charge on any atom is 0.309 e. The molecule has 2 unspecified atom stereocenters. The molecule has 0 saturated carbocycles. The second-order valence-corrected chi connectivity index (χ2v) is 4.59. The number of carboxylic acid groups (broad SMARTS) is 1. The van der Waals surface area contributed by atoms with Crippen molar-refractivity contribution < 1.29 is 14.7 Å². The van der Waals surface area contributed by atoms with Crippen LogP contribution in [0.1, 0.15) is 18.0 Å². The largest absolute Gasteiger partial charge is 0.481 e. The van der Waals surface area contributed by atoms with Crippen LogP contribution in [0.4, 0.5) is 0 Å². The smallest absolute Gasteiger partial charge is 0.309 e. The molecule has 90 valence electrons. The van der Waals surface area contributed by atoms with E-state index in [2.05, 4.69) is 0 Å². The van der Waals surface area contributed by atoms with Crippen LogP contribution in [-0.2, 0) is 9.59 Å². The van der Waals surface area contributed by atoms with Crippen LogP contribution in [0.25, 0.3) is 0 Å². The van der Waals surface area contributed by atoms with E-state index in [1.165, 1.54) is 4.90 Å². The van der Waals surface area contributed by atoms with Crippen molar-refractivity contribution in [1.82, 2.24) is 4.90 Å². The second kappa shape index (κ2) is 4.37. The topological polar surface area (TPSA) is 57.6 Å². The Kier molecular flexibility index (Phi) is 3.07. The summed E-state index contributed by atoms with van der Waals surface area (Å²) in [5.41, 5.74) is 0.801. The molecule has 1 heterocycles. The summed E-state index contributed by atoms with van der Waals surface area (Å²) in [5, 5.41) is 9.72. The highest BCUT2D eigenvalue weighted by Crippen LogP contribution is 2.37. The van der Waals surface area contributed by atoms with E-state index in [-0.39, 0.29) is 12.3 Å². The van der Waals surface area contributed by atoms with Crippen LogP contribution >= 0.6 is 11.6 Å². The quantitative estimate of drug-likeness (QED) is 0.876. The molecule has 1 aliphatic heterocycles. The normalized spacial score (nSPS) is 24.1. The molecular formula is C12H12ClNO3. The molecule has 1 saturated heterocycles. The van der Waals surface area contributed by atoms with Crippen LogP contribution < -0.4 is 0 Å². The summed E-state index contributed by atoms with van der Waals surface area (Å²) in [6.45, 7) is 0. The third kappa shape index (κ3) is 2.13. The first-order valence-electron chi connectivity index (χ1n) is 5.24. The van der Waals surface area contributed by atoms with Crippen molar-refractivity contribution in [3.8, 4) is 0 Å². The van der Waals surface area contributed by atoms with E-state index in [1.54, 1.807) is 31.3 Å². The Labute approximate surface area is 104 Å². The molecule has 1 aromatic carbocycles. The van der Waals surface area contributed by atoms with Crippen molar-refractivity contribution >= 4 is 23.5 Å².